The quantitative estimate of drug-likeness (QED) is 0.214. The fourth-order valence-electron chi connectivity index (χ4n) is 4.96. The van der Waals surface area contributed by atoms with Crippen molar-refractivity contribution >= 4 is 50.7 Å². The highest BCUT2D eigenvalue weighted by atomic mass is 79.9. The lowest BCUT2D eigenvalue weighted by molar-refractivity contribution is -0.387. The van der Waals surface area contributed by atoms with Gasteiger partial charge in [-0.3, -0.25) is 10.1 Å². The van der Waals surface area contributed by atoms with Gasteiger partial charge in [-0.05, 0) is 59.9 Å². The van der Waals surface area contributed by atoms with E-state index in [1.165, 1.54) is 30.0 Å². The highest BCUT2D eigenvalue weighted by molar-refractivity contribution is 9.10. The number of para-hydroxylation sites is 1. The summed E-state index contributed by atoms with van der Waals surface area (Å²) in [4.78, 5) is 11.8. The molecule has 0 amide bonds. The van der Waals surface area contributed by atoms with Gasteiger partial charge in [0, 0.05) is 27.4 Å². The van der Waals surface area contributed by atoms with Crippen molar-refractivity contribution in [1.29, 1.82) is 0 Å². The summed E-state index contributed by atoms with van der Waals surface area (Å²) < 4.78 is 14.6. The van der Waals surface area contributed by atoms with Crippen LogP contribution >= 0.6 is 39.3 Å². The molecule has 164 valence electrons. The number of nitro benzene ring substituents is 1. The molecule has 1 heterocycles. The molecular weight excluding hydrogens is 515 g/mol. The van der Waals surface area contributed by atoms with Gasteiger partial charge in [0.25, 0.3) is 5.69 Å². The summed E-state index contributed by atoms with van der Waals surface area (Å²) >= 11 is 12.2. The predicted octanol–water partition coefficient (Wildman–Crippen LogP) is 7.54. The van der Waals surface area contributed by atoms with E-state index in [4.69, 9.17) is 11.6 Å². The first-order valence-electron chi connectivity index (χ1n) is 10.3. The summed E-state index contributed by atoms with van der Waals surface area (Å²) in [5.74, 6) is -0.0253. The molecular formula is C24H19BrClFN2O2S. The van der Waals surface area contributed by atoms with Gasteiger partial charge < -0.3 is 5.32 Å². The van der Waals surface area contributed by atoms with Crippen molar-refractivity contribution in [3.63, 3.8) is 0 Å². The van der Waals surface area contributed by atoms with E-state index in [2.05, 4.69) is 27.3 Å². The topological polar surface area (TPSA) is 55.2 Å². The Morgan fingerprint density at radius 3 is 2.62 bits per heavy atom. The normalized spacial score (nSPS) is 26.2. The predicted molar refractivity (Wildman–Crippen MR) is 130 cm³/mol. The van der Waals surface area contributed by atoms with E-state index in [9.17, 15) is 14.5 Å². The number of nitrogens with zero attached hydrogens (tertiary/aromatic N) is 1. The lowest BCUT2D eigenvalue weighted by atomic mass is 9.77. The summed E-state index contributed by atoms with van der Waals surface area (Å²) in [6.45, 7) is 0. The number of alkyl halides is 1. The number of hydrogen-bond acceptors (Lipinski definition) is 4. The summed E-state index contributed by atoms with van der Waals surface area (Å²) in [5.41, 5.74) is 3.28. The Balaban J connectivity index is 1.53. The van der Waals surface area contributed by atoms with Crippen molar-refractivity contribution in [2.45, 2.75) is 33.9 Å². The molecule has 4 nitrogen and oxygen atoms in total. The molecule has 5 rings (SSSR count). The zero-order chi connectivity index (χ0) is 22.4. The summed E-state index contributed by atoms with van der Waals surface area (Å²) in [5, 5.41) is 15.0. The zero-order valence-electron chi connectivity index (χ0n) is 16.8. The first-order valence-corrected chi connectivity index (χ1v) is 12.4. The van der Waals surface area contributed by atoms with E-state index in [1.807, 2.05) is 30.3 Å². The van der Waals surface area contributed by atoms with Gasteiger partial charge in [0.05, 0.1) is 21.2 Å². The summed E-state index contributed by atoms with van der Waals surface area (Å²) in [7, 11) is 0. The van der Waals surface area contributed by atoms with Crippen molar-refractivity contribution < 1.29 is 9.31 Å². The minimum atomic E-state index is -0.344. The number of halogens is 3. The van der Waals surface area contributed by atoms with Crippen LogP contribution in [-0.2, 0) is 0 Å². The average Bonchev–Trinajstić information content (AvgIpc) is 3.10. The Morgan fingerprint density at radius 1 is 1.12 bits per heavy atom. The van der Waals surface area contributed by atoms with Gasteiger partial charge in [0.2, 0.25) is 0 Å². The van der Waals surface area contributed by atoms with Crippen molar-refractivity contribution in [2.75, 3.05) is 5.32 Å². The van der Waals surface area contributed by atoms with Crippen molar-refractivity contribution in [1.82, 2.24) is 0 Å². The third-order valence-electron chi connectivity index (χ3n) is 6.35. The fraction of sp³-hybridized carbons (Fsp3) is 0.250. The van der Waals surface area contributed by atoms with Gasteiger partial charge in [-0.25, -0.2) is 4.39 Å². The average molecular weight is 534 g/mol. The number of nitro groups is 1. The molecule has 5 atom stereocenters. The Morgan fingerprint density at radius 2 is 1.88 bits per heavy atom. The number of fused-ring (bicyclic) bond motifs is 3. The number of benzene rings is 3. The van der Waals surface area contributed by atoms with Gasteiger partial charge in [-0.15, -0.1) is 23.4 Å². The lowest BCUT2D eigenvalue weighted by Crippen LogP contribution is -2.31. The monoisotopic (exact) mass is 532 g/mol. The highest BCUT2D eigenvalue weighted by Gasteiger charge is 2.50. The van der Waals surface area contributed by atoms with Crippen molar-refractivity contribution in [3.8, 4) is 0 Å². The van der Waals surface area contributed by atoms with Gasteiger partial charge in [0.1, 0.15) is 5.82 Å². The lowest BCUT2D eigenvalue weighted by Gasteiger charge is -2.38. The van der Waals surface area contributed by atoms with Crippen molar-refractivity contribution in [2.24, 2.45) is 5.92 Å². The first kappa shape index (κ1) is 21.7. The molecule has 0 spiro atoms. The summed E-state index contributed by atoms with van der Waals surface area (Å²) in [6, 6.07) is 19.5. The molecule has 0 radical (unpaired) electrons. The van der Waals surface area contributed by atoms with Crippen LogP contribution in [0.15, 0.2) is 76.1 Å². The zero-order valence-corrected chi connectivity index (χ0v) is 19.9. The SMILES string of the molecule is O=[N+]([O-])c1ccccc1S[C@@H]1C[C@H]2[C@@H](c3cc(Br)ccc3N[C@H]2c2ccc(F)cc2)[C@H]1Cl. The molecule has 8 heteroatoms. The maximum Gasteiger partial charge on any atom is 0.282 e. The maximum atomic E-state index is 13.6. The Bertz CT molecular complexity index is 1180. The van der Waals surface area contributed by atoms with Crippen LogP contribution in [0.2, 0.25) is 0 Å². The van der Waals surface area contributed by atoms with E-state index >= 15 is 0 Å². The molecule has 0 bridgehead atoms. The second-order valence-corrected chi connectivity index (χ2v) is 10.9. The molecule has 3 aromatic carbocycles. The van der Waals surface area contributed by atoms with E-state index in [0.717, 1.165) is 27.7 Å². The number of nitrogens with one attached hydrogen (secondary N) is 1. The van der Waals surface area contributed by atoms with Crippen LogP contribution in [0.5, 0.6) is 0 Å². The Labute approximate surface area is 202 Å². The van der Waals surface area contributed by atoms with Gasteiger partial charge in [0.15, 0.2) is 0 Å². The third kappa shape index (κ3) is 3.91. The van der Waals surface area contributed by atoms with Crippen LogP contribution in [-0.4, -0.2) is 15.6 Å². The van der Waals surface area contributed by atoms with E-state index in [-0.39, 0.29) is 44.9 Å². The highest BCUT2D eigenvalue weighted by Crippen LogP contribution is 2.58. The van der Waals surface area contributed by atoms with Crippen LogP contribution < -0.4 is 5.32 Å². The molecule has 3 aromatic rings. The molecule has 1 saturated carbocycles. The maximum absolute atomic E-state index is 13.6. The van der Waals surface area contributed by atoms with E-state index < -0.39 is 0 Å². The minimum absolute atomic E-state index is 0.00227. The standard InChI is InChI=1S/C24H19BrClFN2O2S/c25-14-7-10-18-16(11-14)22-17(24(28-18)13-5-8-15(27)9-6-13)12-21(23(22)26)32-20-4-2-1-3-19(20)29(30)31/h1-11,17,21-24,28H,12H2/t17-,21+,22+,23-,24-/m0/s1. The number of hydrogen-bond donors (Lipinski definition) is 1. The molecule has 32 heavy (non-hydrogen) atoms. The number of rotatable bonds is 4. The van der Waals surface area contributed by atoms with Crippen LogP contribution in [0.3, 0.4) is 0 Å². The number of anilines is 1. The van der Waals surface area contributed by atoms with Gasteiger partial charge in [-0.2, -0.15) is 0 Å². The molecule has 1 N–H and O–H groups in total. The molecule has 1 aliphatic heterocycles. The minimum Gasteiger partial charge on any atom is -0.378 e. The van der Waals surface area contributed by atoms with Crippen LogP contribution in [0.4, 0.5) is 15.8 Å². The van der Waals surface area contributed by atoms with Gasteiger partial charge in [-0.1, -0.05) is 40.2 Å². The first-order chi connectivity index (χ1) is 15.4. The molecule has 0 saturated heterocycles. The van der Waals surface area contributed by atoms with E-state index in [1.54, 1.807) is 12.1 Å². The fourth-order valence-corrected chi connectivity index (χ4v) is 7.28. The smallest absolute Gasteiger partial charge is 0.282 e. The second-order valence-electron chi connectivity index (χ2n) is 8.16. The Hall–Kier alpha value is -2.09. The molecule has 0 unspecified atom stereocenters. The van der Waals surface area contributed by atoms with Crippen LogP contribution in [0, 0.1) is 21.8 Å². The molecule has 2 aliphatic rings. The molecule has 1 aliphatic carbocycles. The van der Waals surface area contributed by atoms with Gasteiger partial charge >= 0.3 is 0 Å². The molecule has 1 fully saturated rings. The second kappa shape index (κ2) is 8.69. The largest absolute Gasteiger partial charge is 0.378 e. The summed E-state index contributed by atoms with van der Waals surface area (Å²) in [6.07, 6.45) is 0.788. The van der Waals surface area contributed by atoms with Crippen LogP contribution in [0.1, 0.15) is 29.5 Å². The van der Waals surface area contributed by atoms with E-state index in [0.29, 0.717) is 4.90 Å². The van der Waals surface area contributed by atoms with Crippen molar-refractivity contribution in [3.05, 3.63) is 98.3 Å². The third-order valence-corrected chi connectivity index (χ3v) is 8.95. The number of thioether (sulfide) groups is 1. The van der Waals surface area contributed by atoms with Crippen LogP contribution in [0.25, 0.3) is 0 Å². The molecule has 0 aromatic heterocycles. The Kier molecular flexibility index (Phi) is 5.90.